The van der Waals surface area contributed by atoms with Crippen LogP contribution in [0, 0.1) is 18.8 Å². The number of hydrogen-bond acceptors (Lipinski definition) is 5. The Kier molecular flexibility index (Phi) is 8.01. The van der Waals surface area contributed by atoms with E-state index in [1.165, 1.54) is 0 Å². The second-order valence-electron chi connectivity index (χ2n) is 9.12. The maximum absolute atomic E-state index is 13.3. The Balaban J connectivity index is 1.76. The van der Waals surface area contributed by atoms with Crippen LogP contribution in [0.4, 0.5) is 0 Å². The highest BCUT2D eigenvalue weighted by Crippen LogP contribution is 2.31. The Bertz CT molecular complexity index is 1030. The molecule has 32 heavy (non-hydrogen) atoms. The molecule has 0 saturated carbocycles. The number of sulfonamides is 1. The minimum atomic E-state index is -3.59. The van der Waals surface area contributed by atoms with Crippen molar-refractivity contribution in [3.05, 3.63) is 29.5 Å². The molecule has 1 aromatic heterocycles. The molecule has 0 spiro atoms. The van der Waals surface area contributed by atoms with Gasteiger partial charge in [-0.25, -0.2) is 8.42 Å². The number of furan rings is 1. The van der Waals surface area contributed by atoms with Gasteiger partial charge in [-0.2, -0.15) is 4.31 Å². The average molecular weight is 464 g/mol. The number of rotatable bonds is 9. The lowest BCUT2D eigenvalue weighted by Crippen LogP contribution is -2.42. The first-order valence-corrected chi connectivity index (χ1v) is 13.1. The summed E-state index contributed by atoms with van der Waals surface area (Å²) in [5.41, 5.74) is 1.19. The van der Waals surface area contributed by atoms with Crippen molar-refractivity contribution < 1.29 is 17.6 Å². The molecule has 178 valence electrons. The largest absolute Gasteiger partial charge is 0.451 e. The predicted octanol–water partition coefficient (Wildman–Crippen LogP) is 3.87. The Morgan fingerprint density at radius 1 is 1.19 bits per heavy atom. The van der Waals surface area contributed by atoms with Crippen LogP contribution >= 0.6 is 0 Å². The lowest BCUT2D eigenvalue weighted by atomic mass is 9.94. The smallest absolute Gasteiger partial charge is 0.287 e. The molecule has 3 rings (SSSR count). The number of fused-ring (bicyclic) bond motifs is 1. The third kappa shape index (κ3) is 5.35. The van der Waals surface area contributed by atoms with Crippen molar-refractivity contribution in [2.75, 3.05) is 39.3 Å². The first kappa shape index (κ1) is 24.7. The van der Waals surface area contributed by atoms with Crippen LogP contribution in [0.2, 0.25) is 0 Å². The standard InChI is InChI=1S/C24H37N3O4S/c1-6-26(7-2)12-8-11-25-24(28)23-19(5)21-14-20(9-10-22(21)31-23)32(29,30)27-15-17(3)13-18(4)16-27/h9-10,14,17-18H,6-8,11-13,15-16H2,1-5H3,(H,25,28)/t17-,18-/m1/s1. The van der Waals surface area contributed by atoms with Gasteiger partial charge in [0.05, 0.1) is 4.90 Å². The zero-order valence-corrected chi connectivity index (χ0v) is 20.8. The number of hydrogen-bond donors (Lipinski definition) is 1. The van der Waals surface area contributed by atoms with E-state index in [0.29, 0.717) is 48.0 Å². The topological polar surface area (TPSA) is 82.9 Å². The van der Waals surface area contributed by atoms with Crippen molar-refractivity contribution in [2.24, 2.45) is 11.8 Å². The van der Waals surface area contributed by atoms with Gasteiger partial charge in [0.25, 0.3) is 5.91 Å². The Morgan fingerprint density at radius 2 is 1.84 bits per heavy atom. The molecule has 8 heteroatoms. The van der Waals surface area contributed by atoms with E-state index < -0.39 is 10.0 Å². The first-order chi connectivity index (χ1) is 15.2. The van der Waals surface area contributed by atoms with Gasteiger partial charge in [-0.1, -0.05) is 27.7 Å². The van der Waals surface area contributed by atoms with Gasteiger partial charge < -0.3 is 14.6 Å². The molecule has 1 amide bonds. The lowest BCUT2D eigenvalue weighted by Gasteiger charge is -2.34. The van der Waals surface area contributed by atoms with Crippen molar-refractivity contribution in [2.45, 2.75) is 52.4 Å². The van der Waals surface area contributed by atoms with Gasteiger partial charge in [-0.05, 0) is 69.4 Å². The van der Waals surface area contributed by atoms with Gasteiger partial charge in [-0.3, -0.25) is 4.79 Å². The fourth-order valence-electron chi connectivity index (χ4n) is 4.65. The molecule has 1 aromatic carbocycles. The molecule has 1 aliphatic heterocycles. The molecule has 1 aliphatic rings. The highest BCUT2D eigenvalue weighted by Gasteiger charge is 2.32. The van der Waals surface area contributed by atoms with Crippen molar-refractivity contribution >= 4 is 26.9 Å². The van der Waals surface area contributed by atoms with Gasteiger partial charge in [0, 0.05) is 30.6 Å². The van der Waals surface area contributed by atoms with Crippen LogP contribution in [0.5, 0.6) is 0 Å². The van der Waals surface area contributed by atoms with Crippen molar-refractivity contribution in [1.82, 2.24) is 14.5 Å². The number of aryl methyl sites for hydroxylation is 1. The van der Waals surface area contributed by atoms with Gasteiger partial charge in [0.15, 0.2) is 5.76 Å². The van der Waals surface area contributed by atoms with Crippen LogP contribution < -0.4 is 5.32 Å². The van der Waals surface area contributed by atoms with Crippen LogP contribution in [0.15, 0.2) is 27.5 Å². The van der Waals surface area contributed by atoms with Gasteiger partial charge >= 0.3 is 0 Å². The molecule has 1 N–H and O–H groups in total. The molecule has 0 unspecified atom stereocenters. The third-order valence-electron chi connectivity index (χ3n) is 6.42. The normalized spacial score (nSPS) is 20.2. The van der Waals surface area contributed by atoms with E-state index in [1.54, 1.807) is 29.4 Å². The van der Waals surface area contributed by atoms with Crippen LogP contribution in [0.1, 0.15) is 56.7 Å². The van der Waals surface area contributed by atoms with Gasteiger partial charge in [0.1, 0.15) is 5.58 Å². The first-order valence-electron chi connectivity index (χ1n) is 11.7. The molecular formula is C24H37N3O4S. The molecule has 1 saturated heterocycles. The summed E-state index contributed by atoms with van der Waals surface area (Å²) in [5, 5.41) is 3.59. The van der Waals surface area contributed by atoms with E-state index in [9.17, 15) is 13.2 Å². The Hall–Kier alpha value is -1.90. The molecule has 0 aliphatic carbocycles. The van der Waals surface area contributed by atoms with Crippen LogP contribution in [-0.4, -0.2) is 62.8 Å². The summed E-state index contributed by atoms with van der Waals surface area (Å²) in [6.45, 7) is 14.8. The van der Waals surface area contributed by atoms with E-state index in [-0.39, 0.29) is 16.6 Å². The minimum Gasteiger partial charge on any atom is -0.451 e. The maximum Gasteiger partial charge on any atom is 0.287 e. The highest BCUT2D eigenvalue weighted by molar-refractivity contribution is 7.89. The fraction of sp³-hybridized carbons (Fsp3) is 0.625. The van der Waals surface area contributed by atoms with Crippen molar-refractivity contribution in [3.8, 4) is 0 Å². The molecular weight excluding hydrogens is 426 g/mol. The maximum atomic E-state index is 13.3. The average Bonchev–Trinajstić information content (AvgIpc) is 3.09. The Morgan fingerprint density at radius 3 is 2.47 bits per heavy atom. The van der Waals surface area contributed by atoms with E-state index in [4.69, 9.17) is 4.42 Å². The van der Waals surface area contributed by atoms with E-state index in [2.05, 4.69) is 37.9 Å². The molecule has 1 fully saturated rings. The number of piperidine rings is 1. The predicted molar refractivity (Wildman–Crippen MR) is 127 cm³/mol. The van der Waals surface area contributed by atoms with E-state index >= 15 is 0 Å². The summed E-state index contributed by atoms with van der Waals surface area (Å²) >= 11 is 0. The number of carbonyl (C=O) groups excluding carboxylic acids is 1. The number of benzene rings is 1. The minimum absolute atomic E-state index is 0.248. The van der Waals surface area contributed by atoms with E-state index in [0.717, 1.165) is 32.5 Å². The summed E-state index contributed by atoms with van der Waals surface area (Å²) in [6.07, 6.45) is 1.90. The third-order valence-corrected chi connectivity index (χ3v) is 8.25. The number of carbonyl (C=O) groups is 1. The lowest BCUT2D eigenvalue weighted by molar-refractivity contribution is 0.0925. The van der Waals surface area contributed by atoms with Crippen LogP contribution in [-0.2, 0) is 10.0 Å². The monoisotopic (exact) mass is 463 g/mol. The highest BCUT2D eigenvalue weighted by atomic mass is 32.2. The quantitative estimate of drug-likeness (QED) is 0.571. The van der Waals surface area contributed by atoms with Gasteiger partial charge in [-0.15, -0.1) is 0 Å². The van der Waals surface area contributed by atoms with Crippen LogP contribution in [0.25, 0.3) is 11.0 Å². The summed E-state index contributed by atoms with van der Waals surface area (Å²) in [7, 11) is -3.59. The van der Waals surface area contributed by atoms with Crippen LogP contribution in [0.3, 0.4) is 0 Å². The SMILES string of the molecule is CCN(CC)CCCNC(=O)c1oc2ccc(S(=O)(=O)N3C[C@H](C)C[C@@H](C)C3)cc2c1C. The second-order valence-corrected chi connectivity index (χ2v) is 11.1. The molecule has 2 heterocycles. The molecule has 0 bridgehead atoms. The van der Waals surface area contributed by atoms with Crippen molar-refractivity contribution in [3.63, 3.8) is 0 Å². The van der Waals surface area contributed by atoms with E-state index in [1.807, 2.05) is 0 Å². The summed E-state index contributed by atoms with van der Waals surface area (Å²) in [5.74, 6) is 0.661. The number of nitrogens with one attached hydrogen (secondary N) is 1. The number of amides is 1. The second kappa shape index (κ2) is 10.4. The molecule has 0 radical (unpaired) electrons. The summed E-state index contributed by atoms with van der Waals surface area (Å²) in [6, 6.07) is 4.88. The summed E-state index contributed by atoms with van der Waals surface area (Å²) < 4.78 is 33.9. The number of nitrogens with zero attached hydrogens (tertiary/aromatic N) is 2. The summed E-state index contributed by atoms with van der Waals surface area (Å²) in [4.78, 5) is 15.2. The molecule has 2 aromatic rings. The Labute approximate surface area is 192 Å². The molecule has 2 atom stereocenters. The van der Waals surface area contributed by atoms with Crippen molar-refractivity contribution in [1.29, 1.82) is 0 Å². The molecule has 7 nitrogen and oxygen atoms in total. The zero-order chi connectivity index (χ0) is 23.5. The fourth-order valence-corrected chi connectivity index (χ4v) is 6.36. The zero-order valence-electron chi connectivity index (χ0n) is 20.0. The van der Waals surface area contributed by atoms with Gasteiger partial charge in [0.2, 0.25) is 10.0 Å².